The van der Waals surface area contributed by atoms with E-state index in [4.69, 9.17) is 9.47 Å². The van der Waals surface area contributed by atoms with E-state index in [1.165, 1.54) is 12.0 Å². The fraction of sp³-hybridized carbons (Fsp3) is 0.818. The molecule has 1 atom stereocenters. The largest absolute Gasteiger partial charge is 0.444 e. The number of rotatable bonds is 3. The first kappa shape index (κ1) is 13.8. The summed E-state index contributed by atoms with van der Waals surface area (Å²) in [7, 11) is 1.49. The number of ether oxygens (including phenoxy) is 2. The second kappa shape index (κ2) is 5.35. The van der Waals surface area contributed by atoms with E-state index in [1.54, 1.807) is 20.8 Å². The molecule has 0 saturated carbocycles. The summed E-state index contributed by atoms with van der Waals surface area (Å²) < 4.78 is 9.94. The van der Waals surface area contributed by atoms with Crippen molar-refractivity contribution in [1.82, 2.24) is 10.2 Å². The maximum Gasteiger partial charge on any atom is 0.410 e. The summed E-state index contributed by atoms with van der Waals surface area (Å²) in [5.74, 6) is -0.205. The fourth-order valence-electron chi connectivity index (χ4n) is 1.46. The molecule has 1 aliphatic heterocycles. The Morgan fingerprint density at radius 1 is 1.41 bits per heavy atom. The summed E-state index contributed by atoms with van der Waals surface area (Å²) in [5, 5.41) is 2.57. The van der Waals surface area contributed by atoms with Crippen LogP contribution in [-0.4, -0.2) is 48.9 Å². The number of carbonyl (C=O) groups is 2. The van der Waals surface area contributed by atoms with Crippen LogP contribution in [0.3, 0.4) is 0 Å². The molecule has 2 amide bonds. The molecule has 1 heterocycles. The summed E-state index contributed by atoms with van der Waals surface area (Å²) in [5.41, 5.74) is -0.541. The van der Waals surface area contributed by atoms with E-state index in [-0.39, 0.29) is 12.6 Å². The highest BCUT2D eigenvalue weighted by atomic mass is 16.6. The van der Waals surface area contributed by atoms with Gasteiger partial charge in [0.1, 0.15) is 18.4 Å². The Balaban J connectivity index is 2.45. The number of methoxy groups -OCH3 is 1. The normalized spacial score (nSPS) is 19.5. The molecule has 1 aliphatic rings. The predicted molar refractivity (Wildman–Crippen MR) is 61.4 cm³/mol. The molecule has 1 fully saturated rings. The summed E-state index contributed by atoms with van der Waals surface area (Å²) >= 11 is 0. The second-order valence-electron chi connectivity index (χ2n) is 4.95. The van der Waals surface area contributed by atoms with Gasteiger partial charge in [0.2, 0.25) is 5.91 Å². The molecular weight excluding hydrogens is 224 g/mol. The van der Waals surface area contributed by atoms with Crippen LogP contribution in [0.4, 0.5) is 4.79 Å². The summed E-state index contributed by atoms with van der Waals surface area (Å²) in [6.07, 6.45) is 0.218. The molecule has 1 N–H and O–H groups in total. The fourth-order valence-corrected chi connectivity index (χ4v) is 1.46. The first-order valence-corrected chi connectivity index (χ1v) is 5.61. The third-order valence-electron chi connectivity index (χ3n) is 2.34. The highest BCUT2D eigenvalue weighted by molar-refractivity contribution is 5.87. The van der Waals surface area contributed by atoms with Crippen LogP contribution < -0.4 is 5.32 Å². The summed E-state index contributed by atoms with van der Waals surface area (Å²) in [6.45, 7) is 6.09. The molecule has 0 radical (unpaired) electrons. The van der Waals surface area contributed by atoms with Gasteiger partial charge in [-0.05, 0) is 27.2 Å². The Morgan fingerprint density at radius 3 is 2.47 bits per heavy atom. The Morgan fingerprint density at radius 2 is 2.06 bits per heavy atom. The number of carbonyl (C=O) groups excluding carboxylic acids is 2. The van der Waals surface area contributed by atoms with Gasteiger partial charge in [0.25, 0.3) is 0 Å². The van der Waals surface area contributed by atoms with Gasteiger partial charge in [0, 0.05) is 13.7 Å². The SMILES string of the molecule is COCNC(=O)C1CCN1C(=O)OC(C)(C)C. The highest BCUT2D eigenvalue weighted by Crippen LogP contribution is 2.21. The Bertz CT molecular complexity index is 298. The van der Waals surface area contributed by atoms with Crippen LogP contribution in [0.25, 0.3) is 0 Å². The molecule has 0 aliphatic carbocycles. The van der Waals surface area contributed by atoms with E-state index in [0.717, 1.165) is 0 Å². The van der Waals surface area contributed by atoms with Crippen LogP contribution in [0.5, 0.6) is 0 Å². The van der Waals surface area contributed by atoms with Gasteiger partial charge in [-0.25, -0.2) is 4.79 Å². The number of likely N-dealkylation sites (tertiary alicyclic amines) is 1. The lowest BCUT2D eigenvalue weighted by Gasteiger charge is -2.40. The van der Waals surface area contributed by atoms with Gasteiger partial charge >= 0.3 is 6.09 Å². The minimum absolute atomic E-state index is 0.150. The van der Waals surface area contributed by atoms with Crippen molar-refractivity contribution in [2.24, 2.45) is 0 Å². The van der Waals surface area contributed by atoms with E-state index in [1.807, 2.05) is 0 Å². The van der Waals surface area contributed by atoms with Crippen LogP contribution in [0.1, 0.15) is 27.2 Å². The second-order valence-corrected chi connectivity index (χ2v) is 4.95. The molecule has 0 spiro atoms. The molecule has 17 heavy (non-hydrogen) atoms. The van der Waals surface area contributed by atoms with Gasteiger partial charge in [0.15, 0.2) is 0 Å². The summed E-state index contributed by atoms with van der Waals surface area (Å²) in [4.78, 5) is 24.8. The van der Waals surface area contributed by atoms with E-state index in [9.17, 15) is 9.59 Å². The van der Waals surface area contributed by atoms with Crippen molar-refractivity contribution < 1.29 is 19.1 Å². The van der Waals surface area contributed by atoms with Crippen molar-refractivity contribution in [3.63, 3.8) is 0 Å². The van der Waals surface area contributed by atoms with Gasteiger partial charge in [0.05, 0.1) is 0 Å². The molecule has 6 heteroatoms. The third-order valence-corrected chi connectivity index (χ3v) is 2.34. The monoisotopic (exact) mass is 244 g/mol. The smallest absolute Gasteiger partial charge is 0.410 e. The lowest BCUT2D eigenvalue weighted by molar-refractivity contribution is -0.132. The first-order valence-electron chi connectivity index (χ1n) is 5.61. The Hall–Kier alpha value is -1.30. The van der Waals surface area contributed by atoms with Crippen molar-refractivity contribution in [2.75, 3.05) is 20.4 Å². The zero-order valence-electron chi connectivity index (χ0n) is 10.8. The van der Waals surface area contributed by atoms with E-state index < -0.39 is 17.7 Å². The van der Waals surface area contributed by atoms with E-state index in [0.29, 0.717) is 13.0 Å². The minimum Gasteiger partial charge on any atom is -0.444 e. The number of hydrogen-bond donors (Lipinski definition) is 1. The topological polar surface area (TPSA) is 67.9 Å². The van der Waals surface area contributed by atoms with Crippen LogP contribution in [0, 0.1) is 0 Å². The number of nitrogens with one attached hydrogen (secondary N) is 1. The quantitative estimate of drug-likeness (QED) is 0.743. The maximum absolute atomic E-state index is 11.7. The van der Waals surface area contributed by atoms with Gasteiger partial charge in [-0.15, -0.1) is 0 Å². The van der Waals surface area contributed by atoms with Crippen LogP contribution in [-0.2, 0) is 14.3 Å². The molecular formula is C11H20N2O4. The first-order chi connectivity index (χ1) is 7.85. The highest BCUT2D eigenvalue weighted by Gasteiger charge is 2.39. The lowest BCUT2D eigenvalue weighted by atomic mass is 10.0. The summed E-state index contributed by atoms with van der Waals surface area (Å²) in [6, 6.07) is -0.431. The van der Waals surface area contributed by atoms with Gasteiger partial charge in [-0.1, -0.05) is 0 Å². The zero-order chi connectivity index (χ0) is 13.1. The van der Waals surface area contributed by atoms with Crippen LogP contribution in [0.15, 0.2) is 0 Å². The molecule has 0 aromatic carbocycles. The number of nitrogens with zero attached hydrogens (tertiary/aromatic N) is 1. The number of hydrogen-bond acceptors (Lipinski definition) is 4. The Labute approximate surface area is 101 Å². The van der Waals surface area contributed by atoms with Gasteiger partial charge in [-0.3, -0.25) is 9.69 Å². The third kappa shape index (κ3) is 3.89. The van der Waals surface area contributed by atoms with Crippen molar-refractivity contribution in [3.8, 4) is 0 Å². The zero-order valence-corrected chi connectivity index (χ0v) is 10.8. The molecule has 0 aromatic heterocycles. The van der Waals surface area contributed by atoms with Gasteiger partial charge < -0.3 is 14.8 Å². The van der Waals surface area contributed by atoms with E-state index >= 15 is 0 Å². The van der Waals surface area contributed by atoms with Crippen molar-refractivity contribution in [3.05, 3.63) is 0 Å². The predicted octanol–water partition coefficient (Wildman–Crippen LogP) is 0.716. The average Bonchev–Trinajstić information content (AvgIpc) is 2.09. The lowest BCUT2D eigenvalue weighted by Crippen LogP contribution is -2.59. The van der Waals surface area contributed by atoms with Crippen molar-refractivity contribution >= 4 is 12.0 Å². The van der Waals surface area contributed by atoms with Gasteiger partial charge in [-0.2, -0.15) is 0 Å². The Kier molecular flexibility index (Phi) is 4.34. The average molecular weight is 244 g/mol. The molecule has 1 rings (SSSR count). The maximum atomic E-state index is 11.7. The van der Waals surface area contributed by atoms with Crippen molar-refractivity contribution in [1.29, 1.82) is 0 Å². The minimum atomic E-state index is -0.541. The molecule has 1 saturated heterocycles. The molecule has 6 nitrogen and oxygen atoms in total. The van der Waals surface area contributed by atoms with Crippen LogP contribution in [0.2, 0.25) is 0 Å². The standard InChI is InChI=1S/C11H20N2O4/c1-11(2,3)17-10(15)13-6-5-8(13)9(14)12-7-16-4/h8H,5-7H2,1-4H3,(H,12,14). The molecule has 0 bridgehead atoms. The van der Waals surface area contributed by atoms with E-state index in [2.05, 4.69) is 5.32 Å². The number of amides is 2. The van der Waals surface area contributed by atoms with Crippen molar-refractivity contribution in [2.45, 2.75) is 38.8 Å². The molecule has 98 valence electrons. The molecule has 1 unspecified atom stereocenters. The molecule has 0 aromatic rings. The van der Waals surface area contributed by atoms with Crippen LogP contribution >= 0.6 is 0 Å².